The molecule has 0 aliphatic carbocycles. The normalized spacial score (nSPS) is 16.9. The van der Waals surface area contributed by atoms with Crippen LogP contribution >= 0.6 is 0 Å². The van der Waals surface area contributed by atoms with Gasteiger partial charge in [0.2, 0.25) is 10.0 Å². The quantitative estimate of drug-likeness (QED) is 0.665. The van der Waals surface area contributed by atoms with Crippen LogP contribution in [0.2, 0.25) is 0 Å². The molecule has 0 amide bonds. The zero-order valence-electron chi connectivity index (χ0n) is 15.9. The molecule has 1 saturated heterocycles. The minimum absolute atomic E-state index is 0.494. The Morgan fingerprint density at radius 3 is 2.50 bits per heavy atom. The van der Waals surface area contributed by atoms with Crippen LogP contribution in [-0.2, 0) is 16.6 Å². The summed E-state index contributed by atoms with van der Waals surface area (Å²) in [6, 6.07) is 15.9. The molecule has 0 bridgehead atoms. The van der Waals surface area contributed by atoms with E-state index in [4.69, 9.17) is 0 Å². The molecule has 1 fully saturated rings. The maximum atomic E-state index is 12.6. The van der Waals surface area contributed by atoms with Crippen LogP contribution in [-0.4, -0.2) is 53.4 Å². The number of hydrogen-bond donors (Lipinski definition) is 0. The first-order valence-electron chi connectivity index (χ1n) is 9.40. The largest absolute Gasteiger partial charge is 0.295 e. The first-order valence-corrected chi connectivity index (χ1v) is 10.9. The van der Waals surface area contributed by atoms with E-state index in [1.165, 1.54) is 5.41 Å². The van der Waals surface area contributed by atoms with E-state index in [2.05, 4.69) is 16.1 Å². The zero-order chi connectivity index (χ0) is 19.6. The second-order valence-corrected chi connectivity index (χ2v) is 8.96. The van der Waals surface area contributed by atoms with Gasteiger partial charge < -0.3 is 0 Å². The molecule has 3 aromatic rings. The van der Waals surface area contributed by atoms with Crippen LogP contribution in [0.5, 0.6) is 0 Å². The third kappa shape index (κ3) is 4.32. The summed E-state index contributed by atoms with van der Waals surface area (Å²) in [6.45, 7) is 5.13. The monoisotopic (exact) mass is 396 g/mol. The number of aryl methyl sites for hydroxylation is 1. The highest BCUT2D eigenvalue weighted by molar-refractivity contribution is 7.92. The van der Waals surface area contributed by atoms with Crippen LogP contribution in [0, 0.1) is 6.92 Å². The zero-order valence-corrected chi connectivity index (χ0v) is 16.7. The summed E-state index contributed by atoms with van der Waals surface area (Å²) in [5.41, 5.74) is 4.11. The van der Waals surface area contributed by atoms with Crippen LogP contribution in [0.4, 0.5) is 0 Å². The molecule has 0 saturated carbocycles. The molecular weight excluding hydrogens is 372 g/mol. The summed E-state index contributed by atoms with van der Waals surface area (Å²) in [5, 5.41) is 5.89. The van der Waals surface area contributed by atoms with Crippen molar-refractivity contribution in [2.75, 3.05) is 26.2 Å². The van der Waals surface area contributed by atoms with Gasteiger partial charge in [-0.3, -0.25) is 4.90 Å². The molecule has 0 N–H and O–H groups in total. The summed E-state index contributed by atoms with van der Waals surface area (Å²) in [7, 11) is -3.40. The van der Waals surface area contributed by atoms with Crippen molar-refractivity contribution in [3.8, 4) is 0 Å². The van der Waals surface area contributed by atoms with Gasteiger partial charge in [0.15, 0.2) is 0 Å². The molecule has 0 spiro atoms. The summed E-state index contributed by atoms with van der Waals surface area (Å²) < 4.78 is 28.6. The topological polar surface area (TPSA) is 57.9 Å². The molecule has 3 heterocycles. The SMILES string of the molecule is Cc1ccc(C=CS(=O)(=O)N2CCN(Cc3cc4ccccn4n3)CC2)cc1. The Kier molecular flexibility index (Phi) is 5.30. The Balaban J connectivity index is 1.35. The lowest BCUT2D eigenvalue weighted by Crippen LogP contribution is -2.47. The Morgan fingerprint density at radius 1 is 1.04 bits per heavy atom. The number of aromatic nitrogens is 2. The van der Waals surface area contributed by atoms with E-state index in [1.54, 1.807) is 10.4 Å². The first-order chi connectivity index (χ1) is 13.5. The lowest BCUT2D eigenvalue weighted by atomic mass is 10.2. The van der Waals surface area contributed by atoms with Gasteiger partial charge in [-0.1, -0.05) is 35.9 Å². The Hall–Kier alpha value is -2.48. The Morgan fingerprint density at radius 2 is 1.79 bits per heavy atom. The van der Waals surface area contributed by atoms with E-state index in [1.807, 2.05) is 60.1 Å². The lowest BCUT2D eigenvalue weighted by molar-refractivity contribution is 0.181. The highest BCUT2D eigenvalue weighted by Crippen LogP contribution is 2.14. The molecule has 1 aliphatic rings. The second-order valence-electron chi connectivity index (χ2n) is 7.14. The predicted octanol–water partition coefficient (Wildman–Crippen LogP) is 2.76. The fraction of sp³-hybridized carbons (Fsp3) is 0.286. The van der Waals surface area contributed by atoms with Crippen molar-refractivity contribution in [1.29, 1.82) is 0 Å². The number of hydrogen-bond acceptors (Lipinski definition) is 4. The third-order valence-electron chi connectivity index (χ3n) is 5.01. The van der Waals surface area contributed by atoms with E-state index in [9.17, 15) is 8.42 Å². The van der Waals surface area contributed by atoms with Crippen LogP contribution in [0.3, 0.4) is 0 Å². The molecule has 7 heteroatoms. The Bertz CT molecular complexity index is 1050. The van der Waals surface area contributed by atoms with Gasteiger partial charge in [0, 0.05) is 44.3 Å². The lowest BCUT2D eigenvalue weighted by Gasteiger charge is -2.32. The average molecular weight is 397 g/mol. The van der Waals surface area contributed by atoms with Gasteiger partial charge in [0.05, 0.1) is 11.2 Å². The molecule has 0 unspecified atom stereocenters. The summed E-state index contributed by atoms with van der Waals surface area (Å²) in [4.78, 5) is 2.25. The van der Waals surface area contributed by atoms with E-state index in [0.717, 1.165) is 28.9 Å². The number of piperazine rings is 1. The van der Waals surface area contributed by atoms with Crippen LogP contribution in [0.1, 0.15) is 16.8 Å². The van der Waals surface area contributed by atoms with E-state index < -0.39 is 10.0 Å². The molecule has 6 nitrogen and oxygen atoms in total. The van der Waals surface area contributed by atoms with Gasteiger partial charge in [0.25, 0.3) is 0 Å². The first kappa shape index (κ1) is 18.9. The minimum Gasteiger partial charge on any atom is -0.295 e. The van der Waals surface area contributed by atoms with Crippen LogP contribution in [0.25, 0.3) is 11.6 Å². The van der Waals surface area contributed by atoms with Crippen molar-refractivity contribution in [2.24, 2.45) is 0 Å². The standard InChI is InChI=1S/C21H24N4O2S/c1-18-5-7-19(8-6-18)9-15-28(26,27)24-13-11-23(12-14-24)17-20-16-21-4-2-3-10-25(21)22-20/h2-10,15-16H,11-14,17H2,1H3. The number of nitrogens with zero attached hydrogens (tertiary/aromatic N) is 4. The number of benzene rings is 1. The van der Waals surface area contributed by atoms with Gasteiger partial charge in [0.1, 0.15) is 0 Å². The van der Waals surface area contributed by atoms with E-state index in [-0.39, 0.29) is 0 Å². The molecule has 4 rings (SSSR count). The molecule has 0 atom stereocenters. The highest BCUT2D eigenvalue weighted by atomic mass is 32.2. The maximum absolute atomic E-state index is 12.6. The van der Waals surface area contributed by atoms with E-state index in [0.29, 0.717) is 26.2 Å². The molecule has 28 heavy (non-hydrogen) atoms. The molecule has 1 aromatic carbocycles. The summed E-state index contributed by atoms with van der Waals surface area (Å²) >= 11 is 0. The van der Waals surface area contributed by atoms with E-state index >= 15 is 0 Å². The predicted molar refractivity (Wildman–Crippen MR) is 111 cm³/mol. The van der Waals surface area contributed by atoms with Crippen molar-refractivity contribution in [2.45, 2.75) is 13.5 Å². The molecular formula is C21H24N4O2S. The van der Waals surface area contributed by atoms with Crippen LogP contribution in [0.15, 0.2) is 60.1 Å². The maximum Gasteiger partial charge on any atom is 0.236 e. The van der Waals surface area contributed by atoms with Crippen molar-refractivity contribution in [3.63, 3.8) is 0 Å². The van der Waals surface area contributed by atoms with Crippen molar-refractivity contribution >= 4 is 21.6 Å². The van der Waals surface area contributed by atoms with Crippen molar-refractivity contribution in [1.82, 2.24) is 18.8 Å². The number of rotatable bonds is 5. The fourth-order valence-electron chi connectivity index (χ4n) is 3.37. The van der Waals surface area contributed by atoms with Gasteiger partial charge in [-0.2, -0.15) is 9.40 Å². The summed E-state index contributed by atoms with van der Waals surface area (Å²) in [6.07, 6.45) is 3.60. The third-order valence-corrected chi connectivity index (χ3v) is 6.57. The van der Waals surface area contributed by atoms with Gasteiger partial charge in [-0.15, -0.1) is 0 Å². The van der Waals surface area contributed by atoms with Gasteiger partial charge >= 0.3 is 0 Å². The molecule has 146 valence electrons. The molecule has 2 aromatic heterocycles. The average Bonchev–Trinajstić information content (AvgIpc) is 3.10. The molecule has 0 radical (unpaired) electrons. The highest BCUT2D eigenvalue weighted by Gasteiger charge is 2.25. The summed E-state index contributed by atoms with van der Waals surface area (Å²) in [5.74, 6) is 0. The number of pyridine rings is 1. The van der Waals surface area contributed by atoms with Gasteiger partial charge in [-0.25, -0.2) is 12.9 Å². The van der Waals surface area contributed by atoms with Gasteiger partial charge in [-0.05, 0) is 36.8 Å². The smallest absolute Gasteiger partial charge is 0.236 e. The number of sulfonamides is 1. The molecule has 1 aliphatic heterocycles. The van der Waals surface area contributed by atoms with Crippen LogP contribution < -0.4 is 0 Å². The fourth-order valence-corrected chi connectivity index (χ4v) is 4.54. The number of fused-ring (bicyclic) bond motifs is 1. The van der Waals surface area contributed by atoms with Crippen molar-refractivity contribution in [3.05, 3.63) is 77.0 Å². The minimum atomic E-state index is -3.40. The Labute approximate surface area is 165 Å². The second kappa shape index (κ2) is 7.87. The van der Waals surface area contributed by atoms with Crippen molar-refractivity contribution < 1.29 is 8.42 Å².